The largest absolute Gasteiger partial charge is 0.347 e. The van der Waals surface area contributed by atoms with Gasteiger partial charge in [-0.2, -0.15) is 5.10 Å². The molecule has 0 bridgehead atoms. The Kier molecular flexibility index (Phi) is 3.87. The molecule has 122 valence electrons. The van der Waals surface area contributed by atoms with Crippen LogP contribution in [0.25, 0.3) is 10.6 Å². The van der Waals surface area contributed by atoms with Crippen molar-refractivity contribution < 1.29 is 9.18 Å². The lowest BCUT2D eigenvalue weighted by atomic mass is 10.2. The van der Waals surface area contributed by atoms with Gasteiger partial charge in [-0.15, -0.1) is 11.3 Å². The number of nitrogens with zero attached hydrogens (tertiary/aromatic N) is 2. The highest BCUT2D eigenvalue weighted by molar-refractivity contribution is 7.13. The predicted molar refractivity (Wildman–Crippen MR) is 90.1 cm³/mol. The van der Waals surface area contributed by atoms with Crippen molar-refractivity contribution >= 4 is 17.2 Å². The van der Waals surface area contributed by atoms with Crippen LogP contribution in [-0.4, -0.2) is 22.2 Å². The number of halogens is 1. The molecule has 0 unspecified atom stereocenters. The Morgan fingerprint density at radius 1 is 1.33 bits per heavy atom. The summed E-state index contributed by atoms with van der Waals surface area (Å²) in [6, 6.07) is 12.1. The zero-order valence-corrected chi connectivity index (χ0v) is 13.5. The van der Waals surface area contributed by atoms with Gasteiger partial charge in [-0.3, -0.25) is 10.1 Å². The zero-order valence-electron chi connectivity index (χ0n) is 12.7. The summed E-state index contributed by atoms with van der Waals surface area (Å²) in [7, 11) is 0. The van der Waals surface area contributed by atoms with E-state index in [9.17, 15) is 9.18 Å². The Labute approximate surface area is 142 Å². The molecular formula is C17H15FN4OS. The van der Waals surface area contributed by atoms with Crippen LogP contribution in [0.2, 0.25) is 0 Å². The van der Waals surface area contributed by atoms with E-state index < -0.39 is 0 Å². The molecule has 0 spiro atoms. The molecule has 1 aliphatic rings. The number of carbonyl (C=O) groups is 1. The first-order valence-corrected chi connectivity index (χ1v) is 8.48. The SMILES string of the molecule is O=C1NC[C@@H](NCc2ccc(F)cc2)n2nc(-c3cccs3)cc21. The average Bonchev–Trinajstić information content (AvgIpc) is 3.25. The van der Waals surface area contributed by atoms with Crippen LogP contribution >= 0.6 is 11.3 Å². The van der Waals surface area contributed by atoms with E-state index in [2.05, 4.69) is 15.7 Å². The number of hydrogen-bond donors (Lipinski definition) is 2. The second-order valence-electron chi connectivity index (χ2n) is 5.57. The van der Waals surface area contributed by atoms with Crippen LogP contribution in [0.5, 0.6) is 0 Å². The van der Waals surface area contributed by atoms with Gasteiger partial charge in [-0.1, -0.05) is 18.2 Å². The average molecular weight is 342 g/mol. The molecule has 7 heteroatoms. The van der Waals surface area contributed by atoms with Crippen molar-refractivity contribution in [1.82, 2.24) is 20.4 Å². The molecule has 0 radical (unpaired) electrons. The molecule has 24 heavy (non-hydrogen) atoms. The number of nitrogens with one attached hydrogen (secondary N) is 2. The van der Waals surface area contributed by atoms with Gasteiger partial charge in [0.2, 0.25) is 0 Å². The molecule has 1 aromatic carbocycles. The number of carbonyl (C=O) groups excluding carboxylic acids is 1. The molecule has 0 aliphatic carbocycles. The van der Waals surface area contributed by atoms with E-state index in [1.807, 2.05) is 23.6 Å². The highest BCUT2D eigenvalue weighted by atomic mass is 32.1. The Morgan fingerprint density at radius 2 is 2.17 bits per heavy atom. The van der Waals surface area contributed by atoms with Crippen molar-refractivity contribution in [3.05, 3.63) is 64.9 Å². The second-order valence-corrected chi connectivity index (χ2v) is 6.52. The summed E-state index contributed by atoms with van der Waals surface area (Å²) in [5.41, 5.74) is 2.31. The van der Waals surface area contributed by atoms with Crippen LogP contribution in [0, 0.1) is 5.82 Å². The zero-order chi connectivity index (χ0) is 16.5. The standard InChI is InChI=1S/C17H15FN4OS/c18-12-5-3-11(4-6-12)9-19-16-10-20-17(23)14-8-13(21-22(14)16)15-2-1-7-24-15/h1-8,16,19H,9-10H2,(H,20,23)/t16-/m0/s1. The molecular weight excluding hydrogens is 327 g/mol. The molecule has 2 N–H and O–H groups in total. The fourth-order valence-corrected chi connectivity index (χ4v) is 3.39. The summed E-state index contributed by atoms with van der Waals surface area (Å²) in [6.45, 7) is 1.02. The Hall–Kier alpha value is -2.51. The summed E-state index contributed by atoms with van der Waals surface area (Å²) in [5.74, 6) is -0.372. The smallest absolute Gasteiger partial charge is 0.269 e. The van der Waals surface area contributed by atoms with E-state index in [4.69, 9.17) is 0 Å². The van der Waals surface area contributed by atoms with Gasteiger partial charge in [0.25, 0.3) is 5.91 Å². The van der Waals surface area contributed by atoms with Crippen LogP contribution in [-0.2, 0) is 6.54 Å². The number of hydrogen-bond acceptors (Lipinski definition) is 4. The third kappa shape index (κ3) is 2.83. The van der Waals surface area contributed by atoms with Crippen molar-refractivity contribution in [2.75, 3.05) is 6.54 Å². The minimum Gasteiger partial charge on any atom is -0.347 e. The van der Waals surface area contributed by atoms with Crippen LogP contribution < -0.4 is 10.6 Å². The maximum absolute atomic E-state index is 13.0. The summed E-state index contributed by atoms with van der Waals surface area (Å²) in [6.07, 6.45) is -0.142. The third-order valence-electron chi connectivity index (χ3n) is 3.95. The normalized spacial score (nSPS) is 16.7. The molecule has 1 aliphatic heterocycles. The van der Waals surface area contributed by atoms with Gasteiger partial charge in [-0.05, 0) is 35.2 Å². The van der Waals surface area contributed by atoms with Crippen LogP contribution in [0.1, 0.15) is 22.2 Å². The van der Waals surface area contributed by atoms with Gasteiger partial charge in [0.05, 0.1) is 11.4 Å². The van der Waals surface area contributed by atoms with Crippen LogP contribution in [0.4, 0.5) is 4.39 Å². The first kappa shape index (κ1) is 15.0. The molecule has 5 nitrogen and oxygen atoms in total. The number of fused-ring (bicyclic) bond motifs is 1. The molecule has 0 fully saturated rings. The van der Waals surface area contributed by atoms with Gasteiger partial charge in [0.1, 0.15) is 23.4 Å². The van der Waals surface area contributed by atoms with E-state index in [0.29, 0.717) is 18.8 Å². The monoisotopic (exact) mass is 342 g/mol. The number of aromatic nitrogens is 2. The minimum atomic E-state index is -0.251. The Bertz CT molecular complexity index is 857. The van der Waals surface area contributed by atoms with E-state index in [1.54, 1.807) is 28.2 Å². The Balaban J connectivity index is 1.56. The van der Waals surface area contributed by atoms with E-state index in [1.165, 1.54) is 12.1 Å². The number of rotatable bonds is 4. The van der Waals surface area contributed by atoms with E-state index >= 15 is 0 Å². The summed E-state index contributed by atoms with van der Waals surface area (Å²) in [5, 5.41) is 12.8. The van der Waals surface area contributed by atoms with E-state index in [-0.39, 0.29) is 17.9 Å². The van der Waals surface area contributed by atoms with Crippen LogP contribution in [0.3, 0.4) is 0 Å². The van der Waals surface area contributed by atoms with Crippen molar-refractivity contribution in [2.24, 2.45) is 0 Å². The van der Waals surface area contributed by atoms with Crippen molar-refractivity contribution in [3.8, 4) is 10.6 Å². The van der Waals surface area contributed by atoms with Crippen molar-refractivity contribution in [2.45, 2.75) is 12.7 Å². The maximum Gasteiger partial charge on any atom is 0.269 e. The fraction of sp³-hybridized carbons (Fsp3) is 0.176. The van der Waals surface area contributed by atoms with Gasteiger partial charge >= 0.3 is 0 Å². The van der Waals surface area contributed by atoms with Gasteiger partial charge in [0, 0.05) is 6.54 Å². The molecule has 4 rings (SSSR count). The molecule has 1 atom stereocenters. The first-order valence-electron chi connectivity index (χ1n) is 7.60. The van der Waals surface area contributed by atoms with Gasteiger partial charge in [0.15, 0.2) is 0 Å². The lowest BCUT2D eigenvalue weighted by Gasteiger charge is -2.25. The van der Waals surface area contributed by atoms with Crippen molar-refractivity contribution in [1.29, 1.82) is 0 Å². The molecule has 2 aromatic heterocycles. The van der Waals surface area contributed by atoms with Gasteiger partial charge in [-0.25, -0.2) is 9.07 Å². The summed E-state index contributed by atoms with van der Waals surface area (Å²) >= 11 is 1.59. The number of amides is 1. The molecule has 0 saturated carbocycles. The molecule has 0 saturated heterocycles. The summed E-state index contributed by atoms with van der Waals surface area (Å²) < 4.78 is 14.7. The minimum absolute atomic E-state index is 0.120. The highest BCUT2D eigenvalue weighted by Crippen LogP contribution is 2.26. The number of benzene rings is 1. The summed E-state index contributed by atoms with van der Waals surface area (Å²) in [4.78, 5) is 13.1. The number of thiophene rings is 1. The first-order chi connectivity index (χ1) is 11.7. The molecule has 3 aromatic rings. The van der Waals surface area contributed by atoms with Gasteiger partial charge < -0.3 is 5.32 Å². The third-order valence-corrected chi connectivity index (χ3v) is 4.84. The van der Waals surface area contributed by atoms with Crippen molar-refractivity contribution in [3.63, 3.8) is 0 Å². The van der Waals surface area contributed by atoms with Crippen LogP contribution in [0.15, 0.2) is 47.8 Å². The molecule has 3 heterocycles. The molecule has 1 amide bonds. The van der Waals surface area contributed by atoms with E-state index in [0.717, 1.165) is 16.1 Å². The lowest BCUT2D eigenvalue weighted by molar-refractivity contribution is 0.0900. The maximum atomic E-state index is 13.0. The highest BCUT2D eigenvalue weighted by Gasteiger charge is 2.27. The fourth-order valence-electron chi connectivity index (χ4n) is 2.71. The topological polar surface area (TPSA) is 59.0 Å². The second kappa shape index (κ2) is 6.18. The lowest BCUT2D eigenvalue weighted by Crippen LogP contribution is -2.45. The Morgan fingerprint density at radius 3 is 2.92 bits per heavy atom. The quantitative estimate of drug-likeness (QED) is 0.766. The predicted octanol–water partition coefficient (Wildman–Crippen LogP) is 2.78.